The van der Waals surface area contributed by atoms with Gasteiger partial charge in [-0.3, -0.25) is 4.79 Å². The smallest absolute Gasteiger partial charge is 0.304 e. The Morgan fingerprint density at radius 2 is 2.14 bits per heavy atom. The van der Waals surface area contributed by atoms with E-state index in [-0.39, 0.29) is 12.5 Å². The summed E-state index contributed by atoms with van der Waals surface area (Å²) < 4.78 is 0. The average Bonchev–Trinajstić information content (AvgIpc) is 1.98. The molecule has 0 radical (unpaired) electrons. The van der Waals surface area contributed by atoms with E-state index in [0.717, 1.165) is 12.6 Å². The molecule has 0 aromatic rings. The number of carboxylic acid groups (broad SMARTS) is 1. The van der Waals surface area contributed by atoms with E-state index in [4.69, 9.17) is 5.11 Å². The molecule has 1 unspecified atom stereocenters. The van der Waals surface area contributed by atoms with Gasteiger partial charge in [-0.2, -0.15) is 0 Å². The van der Waals surface area contributed by atoms with E-state index >= 15 is 0 Å². The van der Waals surface area contributed by atoms with Crippen molar-refractivity contribution < 1.29 is 9.90 Å². The topological polar surface area (TPSA) is 49.3 Å². The molecule has 0 saturated carbocycles. The molecule has 0 aliphatic carbocycles. The summed E-state index contributed by atoms with van der Waals surface area (Å²) in [6, 6.07) is 0.0386. The number of carboxylic acids is 1. The van der Waals surface area contributed by atoms with E-state index in [1.54, 1.807) is 6.08 Å². The molecule has 0 rings (SSSR count). The highest BCUT2D eigenvalue weighted by Crippen LogP contribution is 2.03. The lowest BCUT2D eigenvalue weighted by Gasteiger charge is -2.21. The summed E-state index contributed by atoms with van der Waals surface area (Å²) in [5.74, 6) is -0.750. The number of nitrogens with one attached hydrogen (secondary N) is 1. The first kappa shape index (κ1) is 13.4. The van der Waals surface area contributed by atoms with Crippen LogP contribution < -0.4 is 5.32 Å². The van der Waals surface area contributed by atoms with Crippen molar-refractivity contribution in [2.24, 2.45) is 0 Å². The molecule has 0 fully saturated rings. The molecular formula is C10H21NO2Si. The maximum Gasteiger partial charge on any atom is 0.304 e. The Kier molecular flexibility index (Phi) is 5.72. The van der Waals surface area contributed by atoms with Crippen LogP contribution in [-0.2, 0) is 4.79 Å². The van der Waals surface area contributed by atoms with E-state index in [2.05, 4.69) is 31.5 Å². The van der Waals surface area contributed by atoms with Gasteiger partial charge in [0.2, 0.25) is 0 Å². The zero-order valence-electron chi connectivity index (χ0n) is 9.34. The molecule has 0 heterocycles. The largest absolute Gasteiger partial charge is 0.481 e. The van der Waals surface area contributed by atoms with Gasteiger partial charge >= 0.3 is 5.97 Å². The van der Waals surface area contributed by atoms with Crippen molar-refractivity contribution in [3.05, 3.63) is 12.7 Å². The van der Waals surface area contributed by atoms with Crippen LogP contribution >= 0.6 is 0 Å². The number of hydrogen-bond acceptors (Lipinski definition) is 2. The molecule has 0 amide bonds. The van der Waals surface area contributed by atoms with Crippen molar-refractivity contribution in [3.63, 3.8) is 0 Å². The van der Waals surface area contributed by atoms with Crippen LogP contribution in [-0.4, -0.2) is 31.4 Å². The quantitative estimate of drug-likeness (QED) is 0.503. The van der Waals surface area contributed by atoms with Crippen LogP contribution in [0.5, 0.6) is 0 Å². The van der Waals surface area contributed by atoms with Crippen molar-refractivity contribution in [2.45, 2.75) is 38.5 Å². The summed E-state index contributed by atoms with van der Waals surface area (Å²) in [5.41, 5.74) is 0. The van der Waals surface area contributed by atoms with Gasteiger partial charge in [-0.1, -0.05) is 25.7 Å². The van der Waals surface area contributed by atoms with Gasteiger partial charge in [0.25, 0.3) is 0 Å². The number of aliphatic carboxylic acids is 1. The van der Waals surface area contributed by atoms with Gasteiger partial charge in [0.15, 0.2) is 0 Å². The first-order valence-corrected chi connectivity index (χ1v) is 8.62. The third-order valence-corrected chi connectivity index (χ3v) is 3.06. The van der Waals surface area contributed by atoms with E-state index < -0.39 is 14.0 Å². The Hall–Kier alpha value is -0.613. The predicted molar refractivity (Wildman–Crippen MR) is 62.2 cm³/mol. The maximum atomic E-state index is 10.5. The minimum atomic E-state index is -1.14. The summed E-state index contributed by atoms with van der Waals surface area (Å²) >= 11 is 0. The number of hydrogen-bond donors (Lipinski definition) is 2. The highest BCUT2D eigenvalue weighted by molar-refractivity contribution is 6.76. The van der Waals surface area contributed by atoms with Gasteiger partial charge in [0.05, 0.1) is 14.5 Å². The highest BCUT2D eigenvalue weighted by atomic mass is 28.3. The molecule has 0 bridgehead atoms. The van der Waals surface area contributed by atoms with Crippen molar-refractivity contribution >= 4 is 14.0 Å². The lowest BCUT2D eigenvalue weighted by molar-refractivity contribution is -0.137. The first-order valence-electron chi connectivity index (χ1n) is 4.91. The second kappa shape index (κ2) is 5.98. The molecule has 3 nitrogen and oxygen atoms in total. The fourth-order valence-electron chi connectivity index (χ4n) is 1.10. The molecule has 0 aromatic carbocycles. The monoisotopic (exact) mass is 215 g/mol. The molecule has 0 saturated heterocycles. The van der Waals surface area contributed by atoms with Crippen LogP contribution in [0, 0.1) is 0 Å². The van der Waals surface area contributed by atoms with Gasteiger partial charge in [0.1, 0.15) is 0 Å². The normalized spacial score (nSPS) is 13.6. The Morgan fingerprint density at radius 3 is 2.50 bits per heavy atom. The van der Waals surface area contributed by atoms with Gasteiger partial charge in [0, 0.05) is 6.04 Å². The van der Waals surface area contributed by atoms with Crippen molar-refractivity contribution in [3.8, 4) is 0 Å². The van der Waals surface area contributed by atoms with E-state index in [1.807, 2.05) is 0 Å². The van der Waals surface area contributed by atoms with E-state index in [1.165, 1.54) is 0 Å². The van der Waals surface area contributed by atoms with Gasteiger partial charge < -0.3 is 10.4 Å². The van der Waals surface area contributed by atoms with Crippen molar-refractivity contribution in [1.82, 2.24) is 5.32 Å². The van der Waals surface area contributed by atoms with Crippen molar-refractivity contribution in [2.75, 3.05) is 6.17 Å². The molecule has 1 atom stereocenters. The van der Waals surface area contributed by atoms with Gasteiger partial charge in [-0.15, -0.1) is 6.58 Å². The van der Waals surface area contributed by atoms with E-state index in [0.29, 0.717) is 0 Å². The second-order valence-electron chi connectivity index (χ2n) is 4.76. The van der Waals surface area contributed by atoms with Crippen molar-refractivity contribution in [1.29, 1.82) is 0 Å². The molecule has 4 heteroatoms. The zero-order chi connectivity index (χ0) is 11.2. The van der Waals surface area contributed by atoms with Crippen LogP contribution in [0.15, 0.2) is 12.7 Å². The Labute approximate surface area is 87.2 Å². The summed E-state index contributed by atoms with van der Waals surface area (Å²) in [4.78, 5) is 10.5. The Morgan fingerprint density at radius 1 is 1.57 bits per heavy atom. The third kappa shape index (κ3) is 8.01. The number of carbonyl (C=O) groups is 1. The van der Waals surface area contributed by atoms with Crippen LogP contribution in [0.25, 0.3) is 0 Å². The summed E-state index contributed by atoms with van der Waals surface area (Å²) in [5, 5.41) is 12.0. The predicted octanol–water partition coefficient (Wildman–Crippen LogP) is 1.87. The molecule has 2 N–H and O–H groups in total. The van der Waals surface area contributed by atoms with Crippen LogP contribution in [0.3, 0.4) is 0 Å². The minimum absolute atomic E-state index is 0.0386. The van der Waals surface area contributed by atoms with Crippen LogP contribution in [0.2, 0.25) is 19.6 Å². The van der Waals surface area contributed by atoms with Crippen LogP contribution in [0.1, 0.15) is 12.8 Å². The fraction of sp³-hybridized carbons (Fsp3) is 0.700. The lowest BCUT2D eigenvalue weighted by atomic mass is 10.1. The van der Waals surface area contributed by atoms with E-state index in [9.17, 15) is 4.79 Å². The highest BCUT2D eigenvalue weighted by Gasteiger charge is 2.17. The molecule has 82 valence electrons. The van der Waals surface area contributed by atoms with Crippen LogP contribution in [0.4, 0.5) is 0 Å². The molecule has 0 aliphatic rings. The minimum Gasteiger partial charge on any atom is -0.481 e. The Balaban J connectivity index is 3.96. The van der Waals surface area contributed by atoms with Gasteiger partial charge in [-0.05, 0) is 12.6 Å². The lowest BCUT2D eigenvalue weighted by Crippen LogP contribution is -2.42. The first-order chi connectivity index (χ1) is 6.35. The zero-order valence-corrected chi connectivity index (χ0v) is 10.3. The Bertz CT molecular complexity index is 199. The number of rotatable bonds is 7. The van der Waals surface area contributed by atoms with Gasteiger partial charge in [-0.25, -0.2) is 0 Å². The fourth-order valence-corrected chi connectivity index (χ4v) is 2.00. The standard InChI is InChI=1S/C10H21NO2Si/c1-5-6-9(7-10(12)13)11-8-14(2,3)4/h5,9,11H,1,6-8H2,2-4H3,(H,12,13). The molecule has 0 spiro atoms. The summed E-state index contributed by atoms with van der Waals surface area (Å²) in [6.07, 6.45) is 3.62. The second-order valence-corrected chi connectivity index (χ2v) is 10.2. The third-order valence-electron chi connectivity index (χ3n) is 1.79. The molecule has 0 aliphatic heterocycles. The maximum absolute atomic E-state index is 10.5. The molecule has 14 heavy (non-hydrogen) atoms. The SMILES string of the molecule is C=CCC(CC(=O)O)NC[Si](C)(C)C. The summed E-state index contributed by atoms with van der Waals surface area (Å²) in [7, 11) is -1.14. The average molecular weight is 215 g/mol. The molecular weight excluding hydrogens is 194 g/mol. The molecule has 0 aromatic heterocycles. The summed E-state index contributed by atoms with van der Waals surface area (Å²) in [6.45, 7) is 10.4.